The van der Waals surface area contributed by atoms with Crippen LogP contribution in [0.5, 0.6) is 0 Å². The molecule has 4 N–H and O–H groups in total. The number of primary amides is 1. The highest BCUT2D eigenvalue weighted by molar-refractivity contribution is 9.10. The van der Waals surface area contributed by atoms with E-state index < -0.39 is 26.5 Å². The van der Waals surface area contributed by atoms with Crippen LogP contribution in [0.1, 0.15) is 52.4 Å². The maximum atomic E-state index is 13.3. The van der Waals surface area contributed by atoms with Crippen LogP contribution >= 0.6 is 15.9 Å². The van der Waals surface area contributed by atoms with Gasteiger partial charge in [0.25, 0.3) is 0 Å². The normalized spacial score (nSPS) is 32.8. The van der Waals surface area contributed by atoms with Crippen LogP contribution in [-0.4, -0.2) is 31.3 Å². The van der Waals surface area contributed by atoms with Gasteiger partial charge in [0, 0.05) is 10.0 Å². The highest BCUT2D eigenvalue weighted by Crippen LogP contribution is 2.61. The van der Waals surface area contributed by atoms with E-state index in [1.165, 1.54) is 6.07 Å². The van der Waals surface area contributed by atoms with Crippen LogP contribution in [0.15, 0.2) is 33.6 Å². The van der Waals surface area contributed by atoms with Crippen molar-refractivity contribution in [2.75, 3.05) is 0 Å². The minimum Gasteiger partial charge on any atom is -0.369 e. The van der Waals surface area contributed by atoms with Gasteiger partial charge < -0.3 is 11.1 Å². The molecule has 1 aromatic rings. The Hall–Kier alpha value is -1.45. The van der Waals surface area contributed by atoms with E-state index >= 15 is 0 Å². The first-order valence-electron chi connectivity index (χ1n) is 10.3. The van der Waals surface area contributed by atoms with Crippen molar-refractivity contribution in [3.8, 4) is 0 Å². The molecule has 0 radical (unpaired) electrons. The number of nitrogens with one attached hydrogen (secondary N) is 2. The van der Waals surface area contributed by atoms with Crippen LogP contribution in [0.3, 0.4) is 0 Å². The second-order valence-electron chi connectivity index (χ2n) is 10.0. The molecule has 5 rings (SSSR count). The maximum Gasteiger partial charge on any atom is 0.242 e. The van der Waals surface area contributed by atoms with Gasteiger partial charge in [-0.1, -0.05) is 12.1 Å². The monoisotopic (exact) mass is 497 g/mol. The van der Waals surface area contributed by atoms with Crippen molar-refractivity contribution in [3.63, 3.8) is 0 Å². The zero-order valence-electron chi connectivity index (χ0n) is 17.2. The minimum absolute atomic E-state index is 0.0772. The summed E-state index contributed by atoms with van der Waals surface area (Å²) in [6.45, 7) is 3.11. The molecule has 0 aliphatic heterocycles. The van der Waals surface area contributed by atoms with Crippen LogP contribution in [0.4, 0.5) is 0 Å². The van der Waals surface area contributed by atoms with Crippen LogP contribution in [0.2, 0.25) is 0 Å². The van der Waals surface area contributed by atoms with E-state index in [9.17, 15) is 18.0 Å². The maximum absolute atomic E-state index is 13.3. The van der Waals surface area contributed by atoms with Crippen LogP contribution in [0, 0.1) is 17.3 Å². The molecule has 0 aromatic heterocycles. The lowest BCUT2D eigenvalue weighted by atomic mass is 9.46. The quantitative estimate of drug-likeness (QED) is 0.558. The number of nitrogens with two attached hydrogens (primary N) is 1. The molecule has 164 valence electrons. The average molecular weight is 498 g/mol. The fourth-order valence-corrected chi connectivity index (χ4v) is 8.58. The first-order chi connectivity index (χ1) is 13.9. The van der Waals surface area contributed by atoms with Gasteiger partial charge >= 0.3 is 0 Å². The highest BCUT2D eigenvalue weighted by atomic mass is 79.9. The number of amides is 2. The number of rotatable bonds is 6. The average Bonchev–Trinajstić information content (AvgIpc) is 2.59. The lowest BCUT2D eigenvalue weighted by molar-refractivity contribution is -0.151. The molecule has 4 fully saturated rings. The number of sulfonamides is 1. The molecule has 4 aliphatic carbocycles. The van der Waals surface area contributed by atoms with E-state index in [-0.39, 0.29) is 16.7 Å². The summed E-state index contributed by atoms with van der Waals surface area (Å²) in [4.78, 5) is 25.6. The summed E-state index contributed by atoms with van der Waals surface area (Å²) >= 11 is 3.26. The third-order valence-electron chi connectivity index (χ3n) is 7.05. The van der Waals surface area contributed by atoms with Gasteiger partial charge in [0.15, 0.2) is 0 Å². The van der Waals surface area contributed by atoms with Crippen molar-refractivity contribution in [3.05, 3.63) is 28.7 Å². The van der Waals surface area contributed by atoms with Gasteiger partial charge in [-0.05, 0) is 92.3 Å². The van der Waals surface area contributed by atoms with Gasteiger partial charge in [-0.2, -0.15) is 4.72 Å². The lowest BCUT2D eigenvalue weighted by Crippen LogP contribution is -2.68. The first kappa shape index (κ1) is 21.8. The zero-order chi connectivity index (χ0) is 21.9. The summed E-state index contributed by atoms with van der Waals surface area (Å²) in [6.07, 6.45) is 4.85. The first-order valence-corrected chi connectivity index (χ1v) is 12.6. The molecular weight excluding hydrogens is 470 g/mol. The van der Waals surface area contributed by atoms with E-state index in [2.05, 4.69) is 26.0 Å². The van der Waals surface area contributed by atoms with Crippen LogP contribution < -0.4 is 15.8 Å². The van der Waals surface area contributed by atoms with Gasteiger partial charge in [-0.25, -0.2) is 8.42 Å². The smallest absolute Gasteiger partial charge is 0.242 e. The molecule has 30 heavy (non-hydrogen) atoms. The van der Waals surface area contributed by atoms with Crippen molar-refractivity contribution < 1.29 is 18.0 Å². The summed E-state index contributed by atoms with van der Waals surface area (Å²) < 4.78 is 28.8. The third-order valence-corrected chi connectivity index (χ3v) is 9.71. The Morgan fingerprint density at radius 1 is 1.13 bits per heavy atom. The second kappa shape index (κ2) is 7.03. The molecule has 0 heterocycles. The van der Waals surface area contributed by atoms with Crippen molar-refractivity contribution in [2.45, 2.75) is 68.3 Å². The Balaban J connectivity index is 1.55. The number of hydrogen-bond acceptors (Lipinski definition) is 4. The molecule has 2 atom stereocenters. The van der Waals surface area contributed by atoms with Crippen LogP contribution in [0.25, 0.3) is 0 Å². The Morgan fingerprint density at radius 3 is 2.30 bits per heavy atom. The summed E-state index contributed by atoms with van der Waals surface area (Å²) in [5, 5.41) is 3.15. The second-order valence-corrected chi connectivity index (χ2v) is 12.5. The van der Waals surface area contributed by atoms with Crippen molar-refractivity contribution in [1.29, 1.82) is 0 Å². The number of hydrogen-bond donors (Lipinski definition) is 3. The number of carbonyl (C=O) groups is 2. The Morgan fingerprint density at radius 2 is 1.73 bits per heavy atom. The van der Waals surface area contributed by atoms with E-state index in [0.717, 1.165) is 32.1 Å². The molecule has 7 nitrogen and oxygen atoms in total. The van der Waals surface area contributed by atoms with Gasteiger partial charge in [-0.3, -0.25) is 9.59 Å². The largest absolute Gasteiger partial charge is 0.369 e. The summed E-state index contributed by atoms with van der Waals surface area (Å²) in [7, 11) is -3.92. The summed E-state index contributed by atoms with van der Waals surface area (Å²) in [5.74, 6) is 0.0853. The fourth-order valence-electron chi connectivity index (χ4n) is 6.19. The molecular formula is C21H28BrN3O4S. The molecule has 0 saturated heterocycles. The number of halogens is 1. The van der Waals surface area contributed by atoms with Crippen molar-refractivity contribution >= 4 is 37.8 Å². The molecule has 4 saturated carbocycles. The Bertz CT molecular complexity index is 993. The predicted octanol–water partition coefficient (Wildman–Crippen LogP) is 2.45. The lowest BCUT2D eigenvalue weighted by Gasteiger charge is -2.61. The predicted molar refractivity (Wildman–Crippen MR) is 116 cm³/mol. The molecule has 4 bridgehead atoms. The Labute approximate surface area is 185 Å². The van der Waals surface area contributed by atoms with Gasteiger partial charge in [0.2, 0.25) is 21.8 Å². The molecule has 4 aliphatic rings. The Kier molecular flexibility index (Phi) is 5.10. The SMILES string of the molecule is CC(C)(NS(=O)(=O)c1ccccc1Br)C(=O)NC12CC3CC(C1)CC(C(N)=O)(C3)C2. The van der Waals surface area contributed by atoms with E-state index in [1.807, 2.05) is 0 Å². The van der Waals surface area contributed by atoms with E-state index in [1.54, 1.807) is 32.0 Å². The van der Waals surface area contributed by atoms with Crippen LogP contribution in [-0.2, 0) is 19.6 Å². The van der Waals surface area contributed by atoms with Crippen molar-refractivity contribution in [1.82, 2.24) is 10.0 Å². The number of benzene rings is 1. The van der Waals surface area contributed by atoms with Crippen molar-refractivity contribution in [2.24, 2.45) is 23.0 Å². The molecule has 2 amide bonds. The molecule has 1 aromatic carbocycles. The van der Waals surface area contributed by atoms with Gasteiger partial charge in [-0.15, -0.1) is 0 Å². The highest BCUT2D eigenvalue weighted by Gasteiger charge is 2.61. The standard InChI is InChI=1S/C21H28BrN3O4S/c1-19(2,25-30(28,29)16-6-4-3-5-15(16)22)18(27)24-21-10-13-7-14(11-21)9-20(8-13,12-21)17(23)26/h3-6,13-14,25H,7-12H2,1-2H3,(H2,23,26)(H,24,27). The molecule has 2 unspecified atom stereocenters. The molecule has 9 heteroatoms. The summed E-state index contributed by atoms with van der Waals surface area (Å²) in [5.41, 5.74) is 3.38. The number of carbonyl (C=O) groups excluding carboxylic acids is 2. The summed E-state index contributed by atoms with van der Waals surface area (Å²) in [6, 6.07) is 6.48. The molecule has 0 spiro atoms. The minimum atomic E-state index is -3.92. The van der Waals surface area contributed by atoms with Gasteiger partial charge in [0.05, 0.1) is 10.3 Å². The zero-order valence-corrected chi connectivity index (χ0v) is 19.6. The fraction of sp³-hybridized carbons (Fsp3) is 0.619. The topological polar surface area (TPSA) is 118 Å². The van der Waals surface area contributed by atoms with E-state index in [0.29, 0.717) is 22.7 Å². The van der Waals surface area contributed by atoms with Gasteiger partial charge in [0.1, 0.15) is 5.54 Å². The third kappa shape index (κ3) is 3.69. The van der Waals surface area contributed by atoms with E-state index in [4.69, 9.17) is 5.73 Å².